The summed E-state index contributed by atoms with van der Waals surface area (Å²) in [4.78, 5) is 11.6. The summed E-state index contributed by atoms with van der Waals surface area (Å²) in [5.41, 5.74) is 1.71. The molecule has 0 atom stereocenters. The van der Waals surface area contributed by atoms with Gasteiger partial charge in [0, 0.05) is 24.9 Å². The SMILES string of the molecule is CCc1cc(CC(=O)CS(C)(=O)=O)n(CC)n1. The molecular weight excluding hydrogens is 240 g/mol. The first-order valence-corrected chi connectivity index (χ1v) is 7.66. The first-order valence-electron chi connectivity index (χ1n) is 5.60. The Morgan fingerprint density at radius 1 is 1.41 bits per heavy atom. The van der Waals surface area contributed by atoms with Crippen LogP contribution in [0.1, 0.15) is 25.2 Å². The summed E-state index contributed by atoms with van der Waals surface area (Å²) in [6.07, 6.45) is 2.01. The minimum atomic E-state index is -3.24. The molecule has 96 valence electrons. The molecule has 0 unspecified atom stereocenters. The zero-order valence-electron chi connectivity index (χ0n) is 10.4. The topological polar surface area (TPSA) is 69.0 Å². The van der Waals surface area contributed by atoms with Crippen LogP contribution in [0.4, 0.5) is 0 Å². The Morgan fingerprint density at radius 3 is 2.53 bits per heavy atom. The largest absolute Gasteiger partial charge is 0.298 e. The Kier molecular flexibility index (Phi) is 4.45. The van der Waals surface area contributed by atoms with Gasteiger partial charge in [-0.15, -0.1) is 0 Å². The summed E-state index contributed by atoms with van der Waals surface area (Å²) in [6.45, 7) is 4.61. The van der Waals surface area contributed by atoms with Crippen molar-refractivity contribution in [2.24, 2.45) is 0 Å². The van der Waals surface area contributed by atoms with E-state index in [1.165, 1.54) is 0 Å². The Bertz CT molecular complexity index is 503. The lowest BCUT2D eigenvalue weighted by Crippen LogP contribution is -2.18. The first kappa shape index (κ1) is 13.9. The van der Waals surface area contributed by atoms with Gasteiger partial charge in [-0.25, -0.2) is 8.42 Å². The molecular formula is C11H18N2O3S. The number of hydrogen-bond donors (Lipinski definition) is 0. The van der Waals surface area contributed by atoms with Crippen LogP contribution in [0.3, 0.4) is 0 Å². The molecule has 0 spiro atoms. The van der Waals surface area contributed by atoms with E-state index in [1.54, 1.807) is 4.68 Å². The molecule has 0 fully saturated rings. The van der Waals surface area contributed by atoms with E-state index in [4.69, 9.17) is 0 Å². The minimum absolute atomic E-state index is 0.133. The van der Waals surface area contributed by atoms with Crippen molar-refractivity contribution in [2.45, 2.75) is 33.2 Å². The van der Waals surface area contributed by atoms with E-state index >= 15 is 0 Å². The van der Waals surface area contributed by atoms with E-state index in [0.29, 0.717) is 6.54 Å². The summed E-state index contributed by atoms with van der Waals surface area (Å²) in [6, 6.07) is 1.86. The molecule has 5 nitrogen and oxygen atoms in total. The lowest BCUT2D eigenvalue weighted by Gasteiger charge is -2.03. The fraction of sp³-hybridized carbons (Fsp3) is 0.636. The second-order valence-electron chi connectivity index (χ2n) is 4.08. The van der Waals surface area contributed by atoms with Crippen LogP contribution < -0.4 is 0 Å². The molecule has 0 bridgehead atoms. The van der Waals surface area contributed by atoms with Gasteiger partial charge in [-0.2, -0.15) is 5.10 Å². The molecule has 0 N–H and O–H groups in total. The fourth-order valence-electron chi connectivity index (χ4n) is 1.65. The van der Waals surface area contributed by atoms with Crippen molar-refractivity contribution in [3.63, 3.8) is 0 Å². The average molecular weight is 258 g/mol. The van der Waals surface area contributed by atoms with Gasteiger partial charge in [0.2, 0.25) is 0 Å². The number of nitrogens with zero attached hydrogens (tertiary/aromatic N) is 2. The van der Waals surface area contributed by atoms with Gasteiger partial charge in [0.1, 0.15) is 5.75 Å². The third kappa shape index (κ3) is 4.30. The maximum Gasteiger partial charge on any atom is 0.154 e. The molecule has 1 aromatic heterocycles. The van der Waals surface area contributed by atoms with E-state index in [-0.39, 0.29) is 12.2 Å². The predicted molar refractivity (Wildman–Crippen MR) is 65.7 cm³/mol. The molecule has 0 radical (unpaired) electrons. The molecule has 0 aliphatic heterocycles. The molecule has 0 aliphatic rings. The van der Waals surface area contributed by atoms with Crippen molar-refractivity contribution in [1.82, 2.24) is 9.78 Å². The third-order valence-electron chi connectivity index (χ3n) is 2.38. The molecule has 1 heterocycles. The minimum Gasteiger partial charge on any atom is -0.298 e. The van der Waals surface area contributed by atoms with Crippen molar-refractivity contribution in [3.8, 4) is 0 Å². The van der Waals surface area contributed by atoms with E-state index < -0.39 is 15.6 Å². The molecule has 0 saturated heterocycles. The number of carbonyl (C=O) groups excluding carboxylic acids is 1. The van der Waals surface area contributed by atoms with Crippen LogP contribution in [-0.4, -0.2) is 36.0 Å². The van der Waals surface area contributed by atoms with Crippen molar-refractivity contribution in [1.29, 1.82) is 0 Å². The Hall–Kier alpha value is -1.17. The van der Waals surface area contributed by atoms with Crippen LogP contribution in [0.25, 0.3) is 0 Å². The van der Waals surface area contributed by atoms with Crippen LogP contribution in [0.2, 0.25) is 0 Å². The monoisotopic (exact) mass is 258 g/mol. The number of aryl methyl sites for hydroxylation is 2. The smallest absolute Gasteiger partial charge is 0.154 e. The number of aromatic nitrogens is 2. The predicted octanol–water partition coefficient (Wildman–Crippen LogP) is 0.622. The highest BCUT2D eigenvalue weighted by Gasteiger charge is 2.14. The molecule has 0 aromatic carbocycles. The first-order chi connectivity index (χ1) is 7.85. The van der Waals surface area contributed by atoms with Crippen molar-refractivity contribution >= 4 is 15.6 Å². The number of hydrogen-bond acceptors (Lipinski definition) is 4. The molecule has 0 saturated carbocycles. The highest BCUT2D eigenvalue weighted by molar-refractivity contribution is 7.91. The van der Waals surface area contributed by atoms with Gasteiger partial charge in [0.25, 0.3) is 0 Å². The van der Waals surface area contributed by atoms with E-state index in [9.17, 15) is 13.2 Å². The zero-order valence-corrected chi connectivity index (χ0v) is 11.2. The summed E-state index contributed by atoms with van der Waals surface area (Å²) in [5.74, 6) is -0.687. The highest BCUT2D eigenvalue weighted by atomic mass is 32.2. The van der Waals surface area contributed by atoms with Gasteiger partial charge in [0.05, 0.1) is 5.69 Å². The van der Waals surface area contributed by atoms with Gasteiger partial charge in [0.15, 0.2) is 15.6 Å². The maximum absolute atomic E-state index is 11.6. The van der Waals surface area contributed by atoms with E-state index in [0.717, 1.165) is 24.1 Å². The molecule has 17 heavy (non-hydrogen) atoms. The second-order valence-corrected chi connectivity index (χ2v) is 6.22. The lowest BCUT2D eigenvalue weighted by atomic mass is 10.2. The summed E-state index contributed by atoms with van der Waals surface area (Å²) < 4.78 is 23.8. The lowest BCUT2D eigenvalue weighted by molar-refractivity contribution is -0.116. The number of Topliss-reactive ketones (excluding diaryl/α,β-unsaturated/α-hetero) is 1. The molecule has 6 heteroatoms. The van der Waals surface area contributed by atoms with Gasteiger partial charge in [-0.05, 0) is 19.4 Å². The summed E-state index contributed by atoms with van der Waals surface area (Å²) >= 11 is 0. The normalized spacial score (nSPS) is 11.7. The molecule has 1 rings (SSSR count). The van der Waals surface area contributed by atoms with E-state index in [1.807, 2.05) is 19.9 Å². The quantitative estimate of drug-likeness (QED) is 0.750. The molecule has 1 aromatic rings. The van der Waals surface area contributed by atoms with Gasteiger partial charge >= 0.3 is 0 Å². The van der Waals surface area contributed by atoms with E-state index in [2.05, 4.69) is 5.10 Å². The molecule has 0 aliphatic carbocycles. The van der Waals surface area contributed by atoms with Crippen molar-refractivity contribution in [3.05, 3.63) is 17.5 Å². The Balaban J connectivity index is 2.80. The Morgan fingerprint density at radius 2 is 2.06 bits per heavy atom. The van der Waals surface area contributed by atoms with Crippen LogP contribution in [0, 0.1) is 0 Å². The third-order valence-corrected chi connectivity index (χ3v) is 3.22. The van der Waals surface area contributed by atoms with Gasteiger partial charge in [-0.1, -0.05) is 6.92 Å². The summed E-state index contributed by atoms with van der Waals surface area (Å²) in [7, 11) is -3.24. The second kappa shape index (κ2) is 5.44. The number of rotatable bonds is 6. The van der Waals surface area contributed by atoms with Crippen molar-refractivity contribution in [2.75, 3.05) is 12.0 Å². The maximum atomic E-state index is 11.6. The standard InChI is InChI=1S/C11H18N2O3S/c1-4-9-6-10(13(5-2)12-9)7-11(14)8-17(3,15)16/h6H,4-5,7-8H2,1-3H3. The fourth-order valence-corrected chi connectivity index (χ4v) is 2.34. The molecule has 0 amide bonds. The average Bonchev–Trinajstić information content (AvgIpc) is 2.57. The zero-order chi connectivity index (χ0) is 13.1. The van der Waals surface area contributed by atoms with Crippen LogP contribution in [0.15, 0.2) is 6.07 Å². The summed E-state index contributed by atoms with van der Waals surface area (Å²) in [5, 5.41) is 4.31. The van der Waals surface area contributed by atoms with Gasteiger partial charge in [-0.3, -0.25) is 9.48 Å². The van der Waals surface area contributed by atoms with Crippen molar-refractivity contribution < 1.29 is 13.2 Å². The van der Waals surface area contributed by atoms with Crippen LogP contribution in [-0.2, 0) is 34.0 Å². The van der Waals surface area contributed by atoms with Crippen LogP contribution in [0.5, 0.6) is 0 Å². The number of sulfone groups is 1. The van der Waals surface area contributed by atoms with Crippen LogP contribution >= 0.6 is 0 Å². The number of ketones is 1. The Labute approximate surface area is 102 Å². The highest BCUT2D eigenvalue weighted by Crippen LogP contribution is 2.07. The number of carbonyl (C=O) groups is 1. The van der Waals surface area contributed by atoms with Gasteiger partial charge < -0.3 is 0 Å².